The SMILES string of the molecule is CC(N)C1CCCN(C(=O)CCC2Cc3ccccc3NC2=O)C1.Cl. The van der Waals surface area contributed by atoms with Crippen molar-refractivity contribution in [3.8, 4) is 0 Å². The third-order valence-electron chi connectivity index (χ3n) is 5.37. The number of likely N-dealkylation sites (tertiary alicyclic amines) is 1. The fourth-order valence-corrected chi connectivity index (χ4v) is 3.77. The molecule has 6 heteroatoms. The number of piperidine rings is 1. The van der Waals surface area contributed by atoms with Gasteiger partial charge in [-0.05, 0) is 50.2 Å². The zero-order valence-corrected chi connectivity index (χ0v) is 15.6. The maximum Gasteiger partial charge on any atom is 0.227 e. The smallest absolute Gasteiger partial charge is 0.227 e. The minimum absolute atomic E-state index is 0. The first kappa shape index (κ1) is 19.7. The Morgan fingerprint density at radius 1 is 1.40 bits per heavy atom. The minimum Gasteiger partial charge on any atom is -0.342 e. The van der Waals surface area contributed by atoms with E-state index in [1.54, 1.807) is 0 Å². The van der Waals surface area contributed by atoms with Gasteiger partial charge in [0.2, 0.25) is 11.8 Å². The molecule has 1 aromatic rings. The average Bonchev–Trinajstić information content (AvgIpc) is 2.59. The van der Waals surface area contributed by atoms with Crippen LogP contribution >= 0.6 is 12.4 Å². The number of carbonyl (C=O) groups is 2. The summed E-state index contributed by atoms with van der Waals surface area (Å²) in [5.41, 5.74) is 8.05. The number of nitrogens with two attached hydrogens (primary N) is 1. The molecular formula is C19H28ClN3O2. The second-order valence-electron chi connectivity index (χ2n) is 7.19. The number of nitrogens with zero attached hydrogens (tertiary/aromatic N) is 1. The van der Waals surface area contributed by atoms with Crippen molar-refractivity contribution in [3.63, 3.8) is 0 Å². The molecule has 2 heterocycles. The van der Waals surface area contributed by atoms with Gasteiger partial charge in [0.15, 0.2) is 0 Å². The summed E-state index contributed by atoms with van der Waals surface area (Å²) in [6.45, 7) is 3.60. The first-order chi connectivity index (χ1) is 11.5. The number of carbonyl (C=O) groups excluding carboxylic acids is 2. The Morgan fingerprint density at radius 2 is 2.16 bits per heavy atom. The first-order valence-electron chi connectivity index (χ1n) is 8.96. The number of para-hydroxylation sites is 1. The second-order valence-corrected chi connectivity index (χ2v) is 7.19. The van der Waals surface area contributed by atoms with Crippen LogP contribution < -0.4 is 11.1 Å². The summed E-state index contributed by atoms with van der Waals surface area (Å²) in [6, 6.07) is 8.01. The standard InChI is InChI=1S/C19H27N3O2.ClH/c1-13(20)16-6-4-10-22(12-16)18(23)9-8-15-11-14-5-2-3-7-17(14)21-19(15)24;/h2-3,5,7,13,15-16H,4,6,8-12,20H2,1H3,(H,21,24);1H. The highest BCUT2D eigenvalue weighted by Gasteiger charge is 2.29. The molecule has 3 rings (SSSR count). The number of halogens is 1. The topological polar surface area (TPSA) is 75.4 Å². The number of rotatable bonds is 4. The summed E-state index contributed by atoms with van der Waals surface area (Å²) in [7, 11) is 0. The number of amides is 2. The molecule has 0 bridgehead atoms. The highest BCUT2D eigenvalue weighted by molar-refractivity contribution is 5.96. The van der Waals surface area contributed by atoms with E-state index >= 15 is 0 Å². The lowest BCUT2D eigenvalue weighted by molar-refractivity contribution is -0.133. The lowest BCUT2D eigenvalue weighted by Crippen LogP contribution is -2.45. The molecule has 3 N–H and O–H groups in total. The van der Waals surface area contributed by atoms with E-state index in [2.05, 4.69) is 5.32 Å². The van der Waals surface area contributed by atoms with Crippen molar-refractivity contribution in [2.75, 3.05) is 18.4 Å². The molecule has 2 aliphatic rings. The zero-order chi connectivity index (χ0) is 17.1. The van der Waals surface area contributed by atoms with Gasteiger partial charge in [-0.3, -0.25) is 9.59 Å². The Hall–Kier alpha value is -1.59. The van der Waals surface area contributed by atoms with Crippen molar-refractivity contribution in [1.82, 2.24) is 4.90 Å². The number of fused-ring (bicyclic) bond motifs is 1. The van der Waals surface area contributed by atoms with Crippen LogP contribution in [0.3, 0.4) is 0 Å². The molecule has 3 unspecified atom stereocenters. The normalized spacial score (nSPS) is 23.9. The Labute approximate surface area is 155 Å². The van der Waals surface area contributed by atoms with Crippen molar-refractivity contribution in [2.45, 2.75) is 45.1 Å². The fraction of sp³-hybridized carbons (Fsp3) is 0.579. The van der Waals surface area contributed by atoms with Crippen LogP contribution in [0.1, 0.15) is 38.2 Å². The quantitative estimate of drug-likeness (QED) is 0.861. The second kappa shape index (κ2) is 8.68. The predicted molar refractivity (Wildman–Crippen MR) is 102 cm³/mol. The van der Waals surface area contributed by atoms with Gasteiger partial charge >= 0.3 is 0 Å². The molecule has 0 spiro atoms. The van der Waals surface area contributed by atoms with Crippen LogP contribution in [0.15, 0.2) is 24.3 Å². The molecule has 2 aliphatic heterocycles. The summed E-state index contributed by atoms with van der Waals surface area (Å²) in [5, 5.41) is 2.95. The highest BCUT2D eigenvalue weighted by atomic mass is 35.5. The fourth-order valence-electron chi connectivity index (χ4n) is 3.77. The summed E-state index contributed by atoms with van der Waals surface area (Å²) in [4.78, 5) is 26.7. The van der Waals surface area contributed by atoms with Gasteiger partial charge in [0.25, 0.3) is 0 Å². The summed E-state index contributed by atoms with van der Waals surface area (Å²) in [5.74, 6) is 0.478. The molecule has 138 valence electrons. The molecule has 0 saturated carbocycles. The van der Waals surface area contributed by atoms with Crippen LogP contribution in [0.25, 0.3) is 0 Å². The summed E-state index contributed by atoms with van der Waals surface area (Å²) < 4.78 is 0. The molecule has 1 aromatic carbocycles. The Morgan fingerprint density at radius 3 is 2.92 bits per heavy atom. The van der Waals surface area contributed by atoms with Crippen LogP contribution in [-0.2, 0) is 16.0 Å². The highest BCUT2D eigenvalue weighted by Crippen LogP contribution is 2.28. The van der Waals surface area contributed by atoms with Gasteiger partial charge in [0.05, 0.1) is 0 Å². The third-order valence-corrected chi connectivity index (χ3v) is 5.37. The molecule has 1 fully saturated rings. The van der Waals surface area contributed by atoms with Crippen molar-refractivity contribution in [3.05, 3.63) is 29.8 Å². The van der Waals surface area contributed by atoms with Crippen molar-refractivity contribution < 1.29 is 9.59 Å². The minimum atomic E-state index is -0.113. The van der Waals surface area contributed by atoms with Crippen LogP contribution in [-0.4, -0.2) is 35.8 Å². The molecule has 0 radical (unpaired) electrons. The number of hydrogen-bond donors (Lipinski definition) is 2. The van der Waals surface area contributed by atoms with E-state index < -0.39 is 0 Å². The Balaban J connectivity index is 0.00000225. The molecule has 3 atom stereocenters. The number of benzene rings is 1. The molecular weight excluding hydrogens is 338 g/mol. The number of hydrogen-bond acceptors (Lipinski definition) is 3. The number of nitrogens with one attached hydrogen (secondary N) is 1. The van der Waals surface area contributed by atoms with Gasteiger partial charge < -0.3 is 16.0 Å². The molecule has 2 amide bonds. The maximum atomic E-state index is 12.5. The van der Waals surface area contributed by atoms with Gasteiger partial charge in [0, 0.05) is 37.2 Å². The number of anilines is 1. The van der Waals surface area contributed by atoms with Crippen molar-refractivity contribution in [2.24, 2.45) is 17.6 Å². The molecule has 1 saturated heterocycles. The lowest BCUT2D eigenvalue weighted by Gasteiger charge is -2.35. The van der Waals surface area contributed by atoms with E-state index in [1.165, 1.54) is 0 Å². The van der Waals surface area contributed by atoms with Gasteiger partial charge in [-0.25, -0.2) is 0 Å². The van der Waals surface area contributed by atoms with Crippen LogP contribution in [0.5, 0.6) is 0 Å². The molecule has 25 heavy (non-hydrogen) atoms. The van der Waals surface area contributed by atoms with E-state index in [-0.39, 0.29) is 36.2 Å². The van der Waals surface area contributed by atoms with E-state index in [0.29, 0.717) is 18.8 Å². The monoisotopic (exact) mass is 365 g/mol. The maximum absolute atomic E-state index is 12.5. The van der Waals surface area contributed by atoms with E-state index in [4.69, 9.17) is 5.73 Å². The van der Waals surface area contributed by atoms with Crippen LogP contribution in [0, 0.1) is 11.8 Å². The molecule has 0 aliphatic carbocycles. The molecule has 0 aromatic heterocycles. The summed E-state index contributed by atoms with van der Waals surface area (Å²) in [6.07, 6.45) is 3.89. The van der Waals surface area contributed by atoms with Crippen LogP contribution in [0.4, 0.5) is 5.69 Å². The largest absolute Gasteiger partial charge is 0.342 e. The third kappa shape index (κ3) is 4.73. The van der Waals surface area contributed by atoms with Gasteiger partial charge in [-0.2, -0.15) is 0 Å². The van der Waals surface area contributed by atoms with Gasteiger partial charge in [-0.15, -0.1) is 12.4 Å². The first-order valence-corrected chi connectivity index (χ1v) is 8.96. The van der Waals surface area contributed by atoms with E-state index in [0.717, 1.165) is 43.6 Å². The van der Waals surface area contributed by atoms with Crippen molar-refractivity contribution in [1.29, 1.82) is 0 Å². The summed E-state index contributed by atoms with van der Waals surface area (Å²) >= 11 is 0. The lowest BCUT2D eigenvalue weighted by atomic mass is 9.89. The van der Waals surface area contributed by atoms with Gasteiger partial charge in [-0.1, -0.05) is 18.2 Å². The zero-order valence-electron chi connectivity index (χ0n) is 14.7. The van der Waals surface area contributed by atoms with Gasteiger partial charge in [0.1, 0.15) is 0 Å². The van der Waals surface area contributed by atoms with E-state index in [9.17, 15) is 9.59 Å². The Bertz CT molecular complexity index is 620. The van der Waals surface area contributed by atoms with Crippen molar-refractivity contribution >= 4 is 29.9 Å². The predicted octanol–water partition coefficient (Wildman–Crippen LogP) is 2.59. The van der Waals surface area contributed by atoms with E-state index in [1.807, 2.05) is 36.1 Å². The Kier molecular flexibility index (Phi) is 6.85. The molecule has 5 nitrogen and oxygen atoms in total. The average molecular weight is 366 g/mol. The van der Waals surface area contributed by atoms with Crippen LogP contribution in [0.2, 0.25) is 0 Å².